The summed E-state index contributed by atoms with van der Waals surface area (Å²) in [6.45, 7) is 7.19. The molecule has 0 bridgehead atoms. The second-order valence-corrected chi connectivity index (χ2v) is 32.0. The Kier molecular flexibility index (Phi) is 26.2. The van der Waals surface area contributed by atoms with Crippen LogP contribution in [0.5, 0.6) is 0 Å². The maximum atomic E-state index is 14.9. The molecule has 0 aromatic heterocycles. The van der Waals surface area contributed by atoms with Gasteiger partial charge in [0.25, 0.3) is 0 Å². The molecule has 4 aliphatic carbocycles. The number of fused-ring (bicyclic) bond motifs is 5. The van der Waals surface area contributed by atoms with Crippen LogP contribution in [0.3, 0.4) is 0 Å². The van der Waals surface area contributed by atoms with Crippen molar-refractivity contribution in [2.75, 3.05) is 19.8 Å². The van der Waals surface area contributed by atoms with Crippen LogP contribution in [0.15, 0.2) is 243 Å². The molecule has 22 nitrogen and oxygen atoms in total. The van der Waals surface area contributed by atoms with Crippen LogP contribution in [-0.4, -0.2) is 147 Å². The van der Waals surface area contributed by atoms with Crippen molar-refractivity contribution in [2.24, 2.45) is 52.3 Å². The number of hydrogen-bond donors (Lipinski definition) is 0. The Morgan fingerprint density at radius 2 is 0.735 bits per heavy atom. The Morgan fingerprint density at radius 1 is 0.393 bits per heavy atom. The third kappa shape index (κ3) is 18.9. The fraction of sp³-hybridized carbons (Fsp3) is 0.389. The van der Waals surface area contributed by atoms with Gasteiger partial charge in [-0.05, 0) is 189 Å². The minimum atomic E-state index is -1.64. The summed E-state index contributed by atoms with van der Waals surface area (Å²) in [5.41, 5.74) is 0.699. The van der Waals surface area contributed by atoms with E-state index < -0.39 is 146 Å². The largest absolute Gasteiger partial charge is 0.459 e. The fourth-order valence-electron chi connectivity index (χ4n) is 18.7. The maximum Gasteiger partial charge on any atom is 0.338 e. The lowest BCUT2D eigenvalue weighted by Crippen LogP contribution is -2.64. The smallest absolute Gasteiger partial charge is 0.338 e. The number of hydrogen-bond acceptors (Lipinski definition) is 22. The van der Waals surface area contributed by atoms with Gasteiger partial charge in [-0.2, -0.15) is 0 Å². The molecule has 117 heavy (non-hydrogen) atoms. The molecule has 0 spiro atoms. The molecular formula is C95H96O22. The molecule has 0 radical (unpaired) electrons. The monoisotopic (exact) mass is 1590 g/mol. The Hall–Kier alpha value is -11.3. The highest BCUT2D eigenvalue weighted by molar-refractivity contribution is 5.95. The molecule has 20 atom stereocenters. The van der Waals surface area contributed by atoms with E-state index in [1.165, 1.54) is 24.3 Å². The van der Waals surface area contributed by atoms with E-state index in [1.54, 1.807) is 218 Å². The van der Waals surface area contributed by atoms with E-state index in [1.807, 2.05) is 13.8 Å². The van der Waals surface area contributed by atoms with E-state index in [0.29, 0.717) is 25.7 Å². The Bertz CT molecular complexity index is 4770. The van der Waals surface area contributed by atoms with Crippen molar-refractivity contribution < 1.29 is 105 Å². The first kappa shape index (κ1) is 82.2. The number of ketones is 2. The van der Waals surface area contributed by atoms with Crippen LogP contribution in [0, 0.1) is 52.3 Å². The molecule has 14 rings (SSSR count). The summed E-state index contributed by atoms with van der Waals surface area (Å²) in [6, 6.07) is 65.5. The topological polar surface area (TPSA) is 281 Å². The summed E-state index contributed by atoms with van der Waals surface area (Å²) in [5, 5.41) is 0. The van der Waals surface area contributed by atoms with Gasteiger partial charge in [0.15, 0.2) is 49.2 Å². The summed E-state index contributed by atoms with van der Waals surface area (Å²) in [5.74, 6) is -7.32. The van der Waals surface area contributed by atoms with Gasteiger partial charge in [-0.25, -0.2) is 38.4 Å². The van der Waals surface area contributed by atoms with Gasteiger partial charge in [0.1, 0.15) is 37.0 Å². The number of esters is 8. The molecule has 2 saturated heterocycles. The molecule has 8 aromatic rings. The van der Waals surface area contributed by atoms with E-state index in [9.17, 15) is 47.9 Å². The Labute approximate surface area is 679 Å². The van der Waals surface area contributed by atoms with E-state index in [2.05, 4.69) is 13.8 Å². The van der Waals surface area contributed by atoms with Gasteiger partial charge in [-0.3, -0.25) is 9.59 Å². The molecule has 0 N–H and O–H groups in total. The Balaban J connectivity index is 0.664. The molecule has 6 aliphatic rings. The van der Waals surface area contributed by atoms with Gasteiger partial charge in [0, 0.05) is 24.7 Å². The first-order chi connectivity index (χ1) is 56.7. The lowest BCUT2D eigenvalue weighted by Gasteiger charge is -2.61. The molecule has 2 heterocycles. The van der Waals surface area contributed by atoms with Crippen molar-refractivity contribution in [2.45, 2.75) is 159 Å². The minimum absolute atomic E-state index is 0.0218. The number of benzene rings is 8. The highest BCUT2D eigenvalue weighted by Gasteiger charge is 2.64. The molecule has 8 aromatic carbocycles. The zero-order valence-electron chi connectivity index (χ0n) is 65.7. The highest BCUT2D eigenvalue weighted by atomic mass is 16.8. The summed E-state index contributed by atoms with van der Waals surface area (Å²) < 4.78 is 76.9. The van der Waals surface area contributed by atoms with Crippen LogP contribution in [0.25, 0.3) is 0 Å². The SMILES string of the molecule is C[C@@H](CCC(=O)[C@@H](C)C1C(=O)CC2C3CCC4CC(O[C@@H]5OC(COC(=O)c6ccccc6)[C@H](OC(=O)c6ccccc6)C(OC(=O)c6ccccc6)C5OC(=O)c5ccccc5)CCC4(C)C3CCC21C)CO[C@@H]1OC(COC(=O)c2ccccc2)[C@H](OC(=O)c2ccccc2)C(OC(=O)c2ccccc2)C1OC(=O)c1ccccc1. The standard InChI is InChI=1S/C95H96O22/c1-58(55-108-92-82(116-90(104)66-41-25-11-26-42-66)80(114-88(102)64-37-21-9-22-38-64)78(112-86(100)62-33-17-7-18-34-62)75(110-92)56-106-84(98)60-29-13-5-14-30-60)45-48-73(96)59(2)77-74(97)54-72-70-47-46-68-53-69(49-51-94(68,3)71(70)50-52-95(72,77)4)109-93-83(117-91(105)67-43-27-12-28-44-67)81(115-89(103)65-39-23-10-24-40-65)79(113-87(101)63-35-19-8-20-36-63)76(111-93)57-107-85(99)61-31-15-6-16-32-61/h5-44,58-59,68-72,75-83,92-93H,45-57H2,1-4H3/t58-,59+,68?,69?,70?,71?,72?,75?,76?,77?,78-,79-,80?,81?,82?,83?,92+,93+,94?,95?/m0/s1. The number of carbonyl (C=O) groups excluding carboxylic acids is 10. The van der Waals surface area contributed by atoms with Gasteiger partial charge in [-0.1, -0.05) is 173 Å². The molecule has 0 amide bonds. The highest BCUT2D eigenvalue weighted by Crippen LogP contribution is 2.68. The second-order valence-electron chi connectivity index (χ2n) is 32.0. The van der Waals surface area contributed by atoms with E-state index in [4.69, 9.17) is 56.8 Å². The van der Waals surface area contributed by atoms with Crippen LogP contribution in [0.2, 0.25) is 0 Å². The second kappa shape index (κ2) is 37.3. The van der Waals surface area contributed by atoms with Gasteiger partial charge < -0.3 is 56.8 Å². The third-order valence-electron chi connectivity index (χ3n) is 24.8. The van der Waals surface area contributed by atoms with Crippen molar-refractivity contribution in [3.05, 3.63) is 287 Å². The fourth-order valence-corrected chi connectivity index (χ4v) is 18.7. The maximum absolute atomic E-state index is 14.9. The van der Waals surface area contributed by atoms with E-state index >= 15 is 0 Å². The lowest BCUT2D eigenvalue weighted by atomic mass is 9.44. The van der Waals surface area contributed by atoms with Crippen molar-refractivity contribution in [3.63, 3.8) is 0 Å². The molecule has 608 valence electrons. The summed E-state index contributed by atoms with van der Waals surface area (Å²) in [6.07, 6.45) is -9.93. The summed E-state index contributed by atoms with van der Waals surface area (Å²) in [7, 11) is 0. The van der Waals surface area contributed by atoms with Gasteiger partial charge in [-0.15, -0.1) is 0 Å². The average Bonchev–Trinajstić information content (AvgIpc) is 1.62. The lowest BCUT2D eigenvalue weighted by molar-refractivity contribution is -0.313. The minimum Gasteiger partial charge on any atom is -0.459 e. The van der Waals surface area contributed by atoms with E-state index in [0.717, 1.165) is 32.1 Å². The summed E-state index contributed by atoms with van der Waals surface area (Å²) >= 11 is 0. The van der Waals surface area contributed by atoms with Crippen LogP contribution >= 0.6 is 0 Å². The molecule has 6 fully saturated rings. The first-order valence-electron chi connectivity index (χ1n) is 40.3. The molecule has 14 unspecified atom stereocenters. The molecule has 4 saturated carbocycles. The number of carbonyl (C=O) groups is 10. The van der Waals surface area contributed by atoms with Crippen LogP contribution in [0.4, 0.5) is 0 Å². The molecule has 2 aliphatic heterocycles. The molecule has 22 heteroatoms. The summed E-state index contributed by atoms with van der Waals surface area (Å²) in [4.78, 5) is 143. The van der Waals surface area contributed by atoms with Gasteiger partial charge >= 0.3 is 47.8 Å². The predicted molar refractivity (Wildman–Crippen MR) is 424 cm³/mol. The zero-order valence-corrected chi connectivity index (χ0v) is 65.7. The normalized spacial score (nSPS) is 28.2. The average molecular weight is 1590 g/mol. The van der Waals surface area contributed by atoms with Crippen molar-refractivity contribution in [1.82, 2.24) is 0 Å². The Morgan fingerprint density at radius 3 is 1.13 bits per heavy atom. The molecular weight excluding hydrogens is 1490 g/mol. The first-order valence-corrected chi connectivity index (χ1v) is 40.3. The number of rotatable bonds is 28. The van der Waals surface area contributed by atoms with E-state index in [-0.39, 0.29) is 104 Å². The van der Waals surface area contributed by atoms with Crippen molar-refractivity contribution in [3.8, 4) is 0 Å². The van der Waals surface area contributed by atoms with Crippen LogP contribution in [0.1, 0.15) is 175 Å². The number of Topliss-reactive ketones (excluding diaryl/α,β-unsaturated/α-hetero) is 2. The van der Waals surface area contributed by atoms with Gasteiger partial charge in [0.2, 0.25) is 0 Å². The van der Waals surface area contributed by atoms with Crippen molar-refractivity contribution >= 4 is 59.3 Å². The van der Waals surface area contributed by atoms with Gasteiger partial charge in [0.05, 0.1) is 57.2 Å². The number of ether oxygens (including phenoxy) is 12. The quantitative estimate of drug-likeness (QED) is 0.0250. The predicted octanol–water partition coefficient (Wildman–Crippen LogP) is 15.4. The third-order valence-corrected chi connectivity index (χ3v) is 24.8. The van der Waals surface area contributed by atoms with Crippen molar-refractivity contribution in [1.29, 1.82) is 0 Å². The zero-order chi connectivity index (χ0) is 81.7. The van der Waals surface area contributed by atoms with Crippen LogP contribution < -0.4 is 0 Å². The van der Waals surface area contributed by atoms with Crippen LogP contribution in [-0.2, 0) is 66.4 Å².